The summed E-state index contributed by atoms with van der Waals surface area (Å²) in [6.45, 7) is -0.0843. The van der Waals surface area contributed by atoms with Gasteiger partial charge >= 0.3 is 0 Å². The molecule has 27 heavy (non-hydrogen) atoms. The molecule has 1 aromatic heterocycles. The van der Waals surface area contributed by atoms with Gasteiger partial charge in [-0.25, -0.2) is 0 Å². The number of aliphatic hydroxyl groups is 1. The molecule has 0 saturated heterocycles. The van der Waals surface area contributed by atoms with Crippen LogP contribution in [0.4, 0.5) is 5.82 Å². The second-order valence-corrected chi connectivity index (χ2v) is 6.17. The molecule has 1 aliphatic heterocycles. The molecule has 0 bridgehead atoms. The fourth-order valence-corrected chi connectivity index (χ4v) is 2.89. The van der Waals surface area contributed by atoms with Gasteiger partial charge in [-0.2, -0.15) is 15.5 Å². The van der Waals surface area contributed by atoms with Crippen molar-refractivity contribution in [3.63, 3.8) is 0 Å². The van der Waals surface area contributed by atoms with Gasteiger partial charge in [-0.1, -0.05) is 6.07 Å². The molecule has 2 aromatic rings. The summed E-state index contributed by atoms with van der Waals surface area (Å²) >= 11 is 0. The van der Waals surface area contributed by atoms with Gasteiger partial charge in [0.15, 0.2) is 11.5 Å². The van der Waals surface area contributed by atoms with Crippen molar-refractivity contribution in [2.24, 2.45) is 0 Å². The van der Waals surface area contributed by atoms with E-state index < -0.39 is 0 Å². The molecule has 8 nitrogen and oxygen atoms in total. The Balaban J connectivity index is 1.91. The first-order valence-corrected chi connectivity index (χ1v) is 8.53. The second-order valence-electron chi connectivity index (χ2n) is 6.17. The number of hydrogen-bond donors (Lipinski definition) is 2. The summed E-state index contributed by atoms with van der Waals surface area (Å²) in [5.41, 5.74) is 1.46. The first kappa shape index (κ1) is 17.0. The highest BCUT2D eigenvalue weighted by molar-refractivity contribution is 5.84. The maximum absolute atomic E-state index is 9.80. The standard InChI is InChI=1S/C19H16N4O4/c20-8-13-17(11-1-4-15-16(7-11)27-10-26-15)14(9-21)19(25-6-5-24)23-18(13)22-12-2-3-12/h1,4,7,12,24H,2-3,5-6,10H2,(H,22,23). The van der Waals surface area contributed by atoms with Crippen LogP contribution in [0.1, 0.15) is 24.0 Å². The molecule has 2 aliphatic rings. The monoisotopic (exact) mass is 364 g/mol. The van der Waals surface area contributed by atoms with Crippen molar-refractivity contribution in [1.82, 2.24) is 4.98 Å². The molecule has 1 aliphatic carbocycles. The molecule has 1 fully saturated rings. The van der Waals surface area contributed by atoms with Crippen LogP contribution in [0.15, 0.2) is 18.2 Å². The zero-order valence-electron chi connectivity index (χ0n) is 14.4. The lowest BCUT2D eigenvalue weighted by Crippen LogP contribution is -2.11. The molecule has 0 spiro atoms. The average molecular weight is 364 g/mol. The van der Waals surface area contributed by atoms with Crippen molar-refractivity contribution >= 4 is 5.82 Å². The minimum absolute atomic E-state index is 0.00295. The summed E-state index contributed by atoms with van der Waals surface area (Å²) in [6.07, 6.45) is 2.00. The van der Waals surface area contributed by atoms with Crippen LogP contribution in [0.25, 0.3) is 11.1 Å². The molecule has 1 saturated carbocycles. The lowest BCUT2D eigenvalue weighted by molar-refractivity contribution is 0.174. The Morgan fingerprint density at radius 3 is 2.67 bits per heavy atom. The largest absolute Gasteiger partial charge is 0.474 e. The van der Waals surface area contributed by atoms with Crippen molar-refractivity contribution in [1.29, 1.82) is 10.5 Å². The predicted molar refractivity (Wildman–Crippen MR) is 94.5 cm³/mol. The van der Waals surface area contributed by atoms with E-state index in [1.54, 1.807) is 18.2 Å². The Bertz CT molecular complexity index is 973. The lowest BCUT2D eigenvalue weighted by atomic mass is 9.96. The Hall–Kier alpha value is -3.49. The van der Waals surface area contributed by atoms with E-state index >= 15 is 0 Å². The fourth-order valence-electron chi connectivity index (χ4n) is 2.89. The van der Waals surface area contributed by atoms with Crippen LogP contribution in [-0.4, -0.2) is 36.1 Å². The van der Waals surface area contributed by atoms with Gasteiger partial charge < -0.3 is 24.6 Å². The van der Waals surface area contributed by atoms with E-state index in [9.17, 15) is 10.5 Å². The minimum Gasteiger partial charge on any atom is -0.474 e. The molecule has 1 aromatic carbocycles. The Kier molecular flexibility index (Phi) is 4.41. The number of rotatable bonds is 6. The van der Waals surface area contributed by atoms with E-state index in [-0.39, 0.29) is 43.1 Å². The van der Waals surface area contributed by atoms with Crippen LogP contribution in [-0.2, 0) is 0 Å². The Morgan fingerprint density at radius 2 is 1.96 bits per heavy atom. The normalized spacial score (nSPS) is 14.3. The maximum atomic E-state index is 9.80. The SMILES string of the molecule is N#Cc1c(NC2CC2)nc(OCCO)c(C#N)c1-c1ccc2c(c1)OCO2. The molecule has 2 N–H and O–H groups in total. The van der Waals surface area contributed by atoms with Crippen molar-refractivity contribution in [2.75, 3.05) is 25.3 Å². The number of pyridine rings is 1. The Labute approximate surface area is 155 Å². The summed E-state index contributed by atoms with van der Waals surface area (Å²) in [5.74, 6) is 1.62. The zero-order valence-corrected chi connectivity index (χ0v) is 14.4. The van der Waals surface area contributed by atoms with E-state index in [1.165, 1.54) is 0 Å². The minimum atomic E-state index is -0.211. The van der Waals surface area contributed by atoms with Crippen molar-refractivity contribution in [2.45, 2.75) is 18.9 Å². The van der Waals surface area contributed by atoms with Gasteiger partial charge in [0.1, 0.15) is 35.7 Å². The highest BCUT2D eigenvalue weighted by atomic mass is 16.7. The number of aliphatic hydroxyl groups excluding tert-OH is 1. The van der Waals surface area contributed by atoms with Crippen LogP contribution in [0.2, 0.25) is 0 Å². The van der Waals surface area contributed by atoms with Gasteiger partial charge in [0.05, 0.1) is 6.61 Å². The molecule has 0 amide bonds. The van der Waals surface area contributed by atoms with E-state index in [2.05, 4.69) is 22.4 Å². The summed E-state index contributed by atoms with van der Waals surface area (Å²) in [5, 5.41) is 31.8. The number of nitrogens with one attached hydrogen (secondary N) is 1. The number of benzene rings is 1. The third-order valence-electron chi connectivity index (χ3n) is 4.30. The Morgan fingerprint density at radius 1 is 1.19 bits per heavy atom. The van der Waals surface area contributed by atoms with Gasteiger partial charge in [0.2, 0.25) is 12.7 Å². The van der Waals surface area contributed by atoms with Gasteiger partial charge in [0.25, 0.3) is 0 Å². The van der Waals surface area contributed by atoms with Crippen LogP contribution in [0, 0.1) is 22.7 Å². The third-order valence-corrected chi connectivity index (χ3v) is 4.30. The molecule has 4 rings (SSSR count). The van der Waals surface area contributed by atoms with E-state index in [0.717, 1.165) is 12.8 Å². The zero-order chi connectivity index (χ0) is 18.8. The first-order chi connectivity index (χ1) is 13.2. The first-order valence-electron chi connectivity index (χ1n) is 8.53. The average Bonchev–Trinajstić information content (AvgIpc) is 3.38. The molecular weight excluding hydrogens is 348 g/mol. The van der Waals surface area contributed by atoms with Crippen molar-refractivity contribution in [3.05, 3.63) is 29.3 Å². The smallest absolute Gasteiger partial charge is 0.234 e. The molecule has 0 unspecified atom stereocenters. The lowest BCUT2D eigenvalue weighted by Gasteiger charge is -2.16. The number of fused-ring (bicyclic) bond motifs is 1. The summed E-state index contributed by atoms with van der Waals surface area (Å²) in [7, 11) is 0. The van der Waals surface area contributed by atoms with E-state index in [0.29, 0.717) is 28.4 Å². The highest BCUT2D eigenvalue weighted by Gasteiger charge is 2.28. The van der Waals surface area contributed by atoms with Crippen molar-refractivity contribution in [3.8, 4) is 40.6 Å². The number of ether oxygens (including phenoxy) is 3. The fraction of sp³-hybridized carbons (Fsp3) is 0.316. The van der Waals surface area contributed by atoms with E-state index in [4.69, 9.17) is 19.3 Å². The number of nitriles is 2. The quantitative estimate of drug-likeness (QED) is 0.800. The summed E-state index contributed by atoms with van der Waals surface area (Å²) in [6, 6.07) is 9.75. The topological polar surface area (TPSA) is 120 Å². The maximum Gasteiger partial charge on any atom is 0.234 e. The number of hydrogen-bond acceptors (Lipinski definition) is 8. The van der Waals surface area contributed by atoms with Gasteiger partial charge in [-0.3, -0.25) is 0 Å². The molecule has 0 atom stereocenters. The van der Waals surface area contributed by atoms with Crippen molar-refractivity contribution < 1.29 is 19.3 Å². The van der Waals surface area contributed by atoms with Gasteiger partial charge in [0, 0.05) is 11.6 Å². The molecular formula is C19H16N4O4. The third kappa shape index (κ3) is 3.19. The predicted octanol–water partition coefficient (Wildman–Crippen LogP) is 2.17. The second kappa shape index (κ2) is 7.02. The van der Waals surface area contributed by atoms with Crippen LogP contribution >= 0.6 is 0 Å². The van der Waals surface area contributed by atoms with Crippen LogP contribution in [0.3, 0.4) is 0 Å². The van der Waals surface area contributed by atoms with Crippen LogP contribution < -0.4 is 19.5 Å². The number of anilines is 1. The summed E-state index contributed by atoms with van der Waals surface area (Å²) in [4.78, 5) is 4.35. The summed E-state index contributed by atoms with van der Waals surface area (Å²) < 4.78 is 16.2. The highest BCUT2D eigenvalue weighted by Crippen LogP contribution is 2.41. The number of aromatic nitrogens is 1. The van der Waals surface area contributed by atoms with Gasteiger partial charge in [-0.05, 0) is 30.5 Å². The molecule has 0 radical (unpaired) electrons. The molecule has 2 heterocycles. The molecule has 8 heteroatoms. The molecule has 136 valence electrons. The van der Waals surface area contributed by atoms with E-state index in [1.807, 2.05) is 0 Å². The number of nitrogens with zero attached hydrogens (tertiary/aromatic N) is 3. The van der Waals surface area contributed by atoms with Gasteiger partial charge in [-0.15, -0.1) is 0 Å². The van der Waals surface area contributed by atoms with Crippen LogP contribution in [0.5, 0.6) is 17.4 Å².